The standard InChI is InChI=1S/C17H13BrN2S2/c1-20-13-7-4-3-6-11(13)15(17(20)18)12(10-19)16(21-2)14-8-5-9-22-14/h3-9H,1-2H3/b16-12-. The molecule has 2 aromatic heterocycles. The predicted molar refractivity (Wildman–Crippen MR) is 101 cm³/mol. The summed E-state index contributed by atoms with van der Waals surface area (Å²) in [6.07, 6.45) is 2.02. The van der Waals surface area contributed by atoms with Gasteiger partial charge in [-0.3, -0.25) is 0 Å². The molecule has 110 valence electrons. The van der Waals surface area contributed by atoms with Gasteiger partial charge in [0.25, 0.3) is 0 Å². The lowest BCUT2D eigenvalue weighted by Gasteiger charge is -2.07. The molecule has 3 rings (SSSR count). The normalized spacial score (nSPS) is 12.3. The van der Waals surface area contributed by atoms with Gasteiger partial charge >= 0.3 is 0 Å². The largest absolute Gasteiger partial charge is 0.338 e. The van der Waals surface area contributed by atoms with Gasteiger partial charge in [0, 0.05) is 33.3 Å². The van der Waals surface area contributed by atoms with Gasteiger partial charge in [0.05, 0.1) is 10.2 Å². The van der Waals surface area contributed by atoms with E-state index in [0.29, 0.717) is 0 Å². The Morgan fingerprint density at radius 1 is 1.27 bits per heavy atom. The van der Waals surface area contributed by atoms with Crippen molar-refractivity contribution in [1.82, 2.24) is 4.57 Å². The summed E-state index contributed by atoms with van der Waals surface area (Å²) in [5.74, 6) is 0. The monoisotopic (exact) mass is 388 g/mol. The molecule has 1 aromatic carbocycles. The Morgan fingerprint density at radius 2 is 2.05 bits per heavy atom. The Kier molecular flexibility index (Phi) is 4.44. The van der Waals surface area contributed by atoms with Crippen molar-refractivity contribution < 1.29 is 0 Å². The lowest BCUT2D eigenvalue weighted by Crippen LogP contribution is -1.89. The molecule has 2 heterocycles. The van der Waals surface area contributed by atoms with Gasteiger partial charge in [-0.25, -0.2) is 0 Å². The molecule has 22 heavy (non-hydrogen) atoms. The van der Waals surface area contributed by atoms with Gasteiger partial charge in [0.2, 0.25) is 0 Å². The first-order valence-electron chi connectivity index (χ1n) is 6.64. The van der Waals surface area contributed by atoms with Crippen LogP contribution < -0.4 is 0 Å². The van der Waals surface area contributed by atoms with Gasteiger partial charge in [0.1, 0.15) is 6.07 Å². The highest BCUT2D eigenvalue weighted by molar-refractivity contribution is 9.10. The van der Waals surface area contributed by atoms with E-state index in [-0.39, 0.29) is 0 Å². The number of hydrogen-bond acceptors (Lipinski definition) is 3. The summed E-state index contributed by atoms with van der Waals surface area (Å²) in [7, 11) is 2.01. The highest BCUT2D eigenvalue weighted by Gasteiger charge is 2.20. The topological polar surface area (TPSA) is 28.7 Å². The molecule has 2 nitrogen and oxygen atoms in total. The molecule has 0 amide bonds. The highest BCUT2D eigenvalue weighted by atomic mass is 79.9. The molecule has 0 atom stereocenters. The van der Waals surface area contributed by atoms with E-state index in [9.17, 15) is 5.26 Å². The zero-order valence-corrected chi connectivity index (χ0v) is 15.3. The van der Waals surface area contributed by atoms with Crippen LogP contribution in [0.4, 0.5) is 0 Å². The SMILES string of the molecule is CS/C(=C(/C#N)c1c(Br)n(C)c2ccccc12)c1cccs1. The van der Waals surface area contributed by atoms with Crippen LogP contribution in [0, 0.1) is 11.3 Å². The van der Waals surface area contributed by atoms with E-state index in [1.54, 1.807) is 23.1 Å². The van der Waals surface area contributed by atoms with Crippen LogP contribution in [-0.4, -0.2) is 10.8 Å². The maximum absolute atomic E-state index is 9.83. The lowest BCUT2D eigenvalue weighted by atomic mass is 10.1. The first kappa shape index (κ1) is 15.4. The molecule has 0 saturated carbocycles. The van der Waals surface area contributed by atoms with Crippen LogP contribution >= 0.6 is 39.0 Å². The molecule has 0 spiro atoms. The number of thioether (sulfide) groups is 1. The number of fused-ring (bicyclic) bond motifs is 1. The van der Waals surface area contributed by atoms with Gasteiger partial charge in [0.15, 0.2) is 0 Å². The minimum Gasteiger partial charge on any atom is -0.338 e. The Labute approximate surface area is 146 Å². The van der Waals surface area contributed by atoms with Crippen LogP contribution in [-0.2, 0) is 7.05 Å². The third-order valence-electron chi connectivity index (χ3n) is 3.57. The molecule has 0 radical (unpaired) electrons. The van der Waals surface area contributed by atoms with Gasteiger partial charge in [-0.15, -0.1) is 23.1 Å². The first-order valence-corrected chi connectivity index (χ1v) is 9.54. The molecule has 0 saturated heterocycles. The summed E-state index contributed by atoms with van der Waals surface area (Å²) in [4.78, 5) is 2.15. The van der Waals surface area contributed by atoms with Crippen molar-refractivity contribution in [1.29, 1.82) is 5.26 Å². The van der Waals surface area contributed by atoms with Crippen molar-refractivity contribution in [2.24, 2.45) is 7.05 Å². The van der Waals surface area contributed by atoms with Crippen molar-refractivity contribution in [3.63, 3.8) is 0 Å². The van der Waals surface area contributed by atoms with Gasteiger partial charge < -0.3 is 4.57 Å². The summed E-state index contributed by atoms with van der Waals surface area (Å²) >= 11 is 6.95. The second-order valence-corrected chi connectivity index (χ2v) is 7.25. The molecular weight excluding hydrogens is 376 g/mol. The maximum atomic E-state index is 9.83. The van der Waals surface area contributed by atoms with Gasteiger partial charge in [-0.05, 0) is 39.7 Å². The molecule has 0 N–H and O–H groups in total. The average Bonchev–Trinajstić information content (AvgIpc) is 3.15. The van der Waals surface area contributed by atoms with Crippen LogP contribution in [0.3, 0.4) is 0 Å². The summed E-state index contributed by atoms with van der Waals surface area (Å²) in [5, 5.41) is 13.0. The van der Waals surface area contributed by atoms with Crippen molar-refractivity contribution in [3.05, 3.63) is 56.8 Å². The fourth-order valence-electron chi connectivity index (χ4n) is 2.55. The van der Waals surface area contributed by atoms with Crippen molar-refractivity contribution >= 4 is 60.4 Å². The van der Waals surface area contributed by atoms with Gasteiger partial charge in [-0.1, -0.05) is 24.3 Å². The summed E-state index contributed by atoms with van der Waals surface area (Å²) in [6.45, 7) is 0. The van der Waals surface area contributed by atoms with Crippen LogP contribution in [0.15, 0.2) is 46.4 Å². The predicted octanol–water partition coefficient (Wildman–Crippen LogP) is 5.76. The Bertz CT molecular complexity index is 899. The van der Waals surface area contributed by atoms with E-state index in [1.165, 1.54) is 0 Å². The van der Waals surface area contributed by atoms with Crippen LogP contribution in [0.25, 0.3) is 21.4 Å². The van der Waals surface area contributed by atoms with E-state index in [4.69, 9.17) is 0 Å². The number of thiophene rings is 1. The number of para-hydroxylation sites is 1. The molecule has 0 bridgehead atoms. The lowest BCUT2D eigenvalue weighted by molar-refractivity contribution is 0.939. The Morgan fingerprint density at radius 3 is 2.68 bits per heavy atom. The molecule has 0 aliphatic rings. The maximum Gasteiger partial charge on any atom is 0.101 e. The number of benzene rings is 1. The van der Waals surface area contributed by atoms with E-state index >= 15 is 0 Å². The van der Waals surface area contributed by atoms with E-state index in [2.05, 4.69) is 44.8 Å². The first-order chi connectivity index (χ1) is 10.7. The Hall–Kier alpha value is -1.48. The molecule has 0 aliphatic carbocycles. The number of hydrogen-bond donors (Lipinski definition) is 0. The molecule has 5 heteroatoms. The number of nitriles is 1. The van der Waals surface area contributed by atoms with E-state index in [1.807, 2.05) is 36.9 Å². The van der Waals surface area contributed by atoms with Crippen molar-refractivity contribution in [2.75, 3.05) is 6.26 Å². The van der Waals surface area contributed by atoms with Gasteiger partial charge in [-0.2, -0.15) is 5.26 Å². The number of allylic oxidation sites excluding steroid dienone is 1. The zero-order chi connectivity index (χ0) is 15.7. The van der Waals surface area contributed by atoms with E-state index in [0.717, 1.165) is 36.4 Å². The number of aryl methyl sites for hydroxylation is 1. The minimum absolute atomic E-state index is 0.721. The molecular formula is C17H13BrN2S2. The number of rotatable bonds is 3. The smallest absolute Gasteiger partial charge is 0.101 e. The number of halogens is 1. The van der Waals surface area contributed by atoms with Crippen LogP contribution in [0.5, 0.6) is 0 Å². The highest BCUT2D eigenvalue weighted by Crippen LogP contribution is 2.41. The molecule has 3 aromatic rings. The fraction of sp³-hybridized carbons (Fsp3) is 0.118. The average molecular weight is 389 g/mol. The summed E-state index contributed by atoms with van der Waals surface area (Å²) in [6, 6.07) is 14.7. The van der Waals surface area contributed by atoms with Crippen LogP contribution in [0.1, 0.15) is 10.4 Å². The summed E-state index contributed by atoms with van der Waals surface area (Å²) in [5.41, 5.74) is 2.81. The minimum atomic E-state index is 0.721. The fourth-order valence-corrected chi connectivity index (χ4v) is 4.84. The zero-order valence-electron chi connectivity index (χ0n) is 12.1. The third-order valence-corrected chi connectivity index (χ3v) is 6.35. The molecule has 0 fully saturated rings. The second kappa shape index (κ2) is 6.33. The second-order valence-electron chi connectivity index (χ2n) is 4.74. The van der Waals surface area contributed by atoms with Crippen LogP contribution in [0.2, 0.25) is 0 Å². The Balaban J connectivity index is 2.38. The van der Waals surface area contributed by atoms with E-state index < -0.39 is 0 Å². The quantitative estimate of drug-likeness (QED) is 0.533. The third kappa shape index (κ3) is 2.41. The summed E-state index contributed by atoms with van der Waals surface area (Å²) < 4.78 is 3.02. The van der Waals surface area contributed by atoms with Crippen molar-refractivity contribution in [2.45, 2.75) is 0 Å². The van der Waals surface area contributed by atoms with Crippen molar-refractivity contribution in [3.8, 4) is 6.07 Å². The number of nitrogens with zero attached hydrogens (tertiary/aromatic N) is 2. The number of aromatic nitrogens is 1. The molecule has 0 unspecified atom stereocenters. The molecule has 0 aliphatic heterocycles.